The Kier molecular flexibility index (Phi) is 7.93. The summed E-state index contributed by atoms with van der Waals surface area (Å²) in [6.07, 6.45) is 6.61. The number of unbranched alkanes of at least 4 members (excludes halogenated alkanes) is 1. The highest BCUT2D eigenvalue weighted by atomic mass is 15.0. The maximum Gasteiger partial charge on any atom is 0.338 e. The zero-order valence-electron chi connectivity index (χ0n) is 9.29. The topological polar surface area (TPSA) is 82.6 Å². The lowest BCUT2D eigenvalue weighted by molar-refractivity contribution is -0.589. The summed E-state index contributed by atoms with van der Waals surface area (Å²) in [5, 5.41) is 2.20. The zero-order valence-corrected chi connectivity index (χ0v) is 9.29. The molecule has 0 amide bonds. The molecule has 0 radical (unpaired) electrons. The molecule has 0 spiro atoms. The molecule has 0 aliphatic carbocycles. The van der Waals surface area contributed by atoms with Crippen molar-refractivity contribution in [1.29, 1.82) is 0 Å². The first-order chi connectivity index (χ1) is 6.63. The molecule has 0 bridgehead atoms. The molecule has 14 heavy (non-hydrogen) atoms. The van der Waals surface area contributed by atoms with E-state index in [1.807, 2.05) is 0 Å². The van der Waals surface area contributed by atoms with Gasteiger partial charge in [-0.05, 0) is 24.8 Å². The molecular formula is C10H24N4+2. The SMILES string of the molecule is CC(C)/C=C/[NH2+]CCCC[NH+]=C(N)N. The Morgan fingerprint density at radius 1 is 1.36 bits per heavy atom. The Morgan fingerprint density at radius 2 is 2.07 bits per heavy atom. The molecule has 0 aromatic carbocycles. The molecule has 7 N–H and O–H groups in total. The van der Waals surface area contributed by atoms with Gasteiger partial charge in [0.15, 0.2) is 0 Å². The molecule has 0 rings (SSSR count). The second kappa shape index (κ2) is 8.56. The second-order valence-electron chi connectivity index (χ2n) is 3.74. The van der Waals surface area contributed by atoms with E-state index in [0.717, 1.165) is 19.5 Å². The maximum absolute atomic E-state index is 5.25. The van der Waals surface area contributed by atoms with E-state index in [2.05, 4.69) is 36.4 Å². The molecule has 0 aromatic rings. The monoisotopic (exact) mass is 200 g/mol. The summed E-state index contributed by atoms with van der Waals surface area (Å²) < 4.78 is 0. The number of nitrogens with one attached hydrogen (secondary N) is 1. The van der Waals surface area contributed by atoms with Gasteiger partial charge < -0.3 is 5.32 Å². The molecule has 0 atom stereocenters. The summed E-state index contributed by atoms with van der Waals surface area (Å²) in [5.41, 5.74) is 10.5. The van der Waals surface area contributed by atoms with Crippen LogP contribution in [0.2, 0.25) is 0 Å². The largest absolute Gasteiger partial charge is 0.338 e. The third-order valence-electron chi connectivity index (χ3n) is 1.76. The first-order valence-electron chi connectivity index (χ1n) is 5.24. The van der Waals surface area contributed by atoms with Crippen molar-refractivity contribution in [3.8, 4) is 0 Å². The average molecular weight is 200 g/mol. The molecule has 0 aliphatic rings. The Labute approximate surface area is 86.5 Å². The van der Waals surface area contributed by atoms with Gasteiger partial charge >= 0.3 is 5.96 Å². The number of quaternary nitrogens is 1. The van der Waals surface area contributed by atoms with Gasteiger partial charge in [0.1, 0.15) is 0 Å². The van der Waals surface area contributed by atoms with Crippen LogP contribution in [0.5, 0.6) is 0 Å². The van der Waals surface area contributed by atoms with Crippen molar-refractivity contribution in [1.82, 2.24) is 0 Å². The Balaban J connectivity index is 3.18. The quantitative estimate of drug-likeness (QED) is 0.215. The Hall–Kier alpha value is -1.03. The van der Waals surface area contributed by atoms with Gasteiger partial charge in [-0.15, -0.1) is 0 Å². The van der Waals surface area contributed by atoms with Gasteiger partial charge in [-0.2, -0.15) is 0 Å². The minimum absolute atomic E-state index is 0.314. The van der Waals surface area contributed by atoms with Gasteiger partial charge in [0.05, 0.1) is 19.3 Å². The third kappa shape index (κ3) is 11.0. The van der Waals surface area contributed by atoms with Crippen molar-refractivity contribution in [2.75, 3.05) is 13.1 Å². The molecule has 4 nitrogen and oxygen atoms in total. The fourth-order valence-corrected chi connectivity index (χ4v) is 1.02. The van der Waals surface area contributed by atoms with Crippen LogP contribution in [0.1, 0.15) is 26.7 Å². The number of guanidine groups is 1. The zero-order chi connectivity index (χ0) is 10.8. The lowest BCUT2D eigenvalue weighted by atomic mass is 10.2. The van der Waals surface area contributed by atoms with Crippen LogP contribution in [-0.4, -0.2) is 19.0 Å². The number of allylic oxidation sites excluding steroid dienone is 1. The van der Waals surface area contributed by atoms with Crippen LogP contribution in [0.3, 0.4) is 0 Å². The van der Waals surface area contributed by atoms with E-state index < -0.39 is 0 Å². The molecule has 82 valence electrons. The molecule has 0 aliphatic heterocycles. The molecule has 0 aromatic heterocycles. The molecule has 0 heterocycles. The molecule has 0 saturated heterocycles. The predicted octanol–water partition coefficient (Wildman–Crippen LogP) is -2.15. The Bertz CT molecular complexity index is 181. The fraction of sp³-hybridized carbons (Fsp3) is 0.700. The van der Waals surface area contributed by atoms with Crippen LogP contribution in [-0.2, 0) is 0 Å². The molecular weight excluding hydrogens is 176 g/mol. The lowest BCUT2D eigenvalue weighted by Crippen LogP contribution is -2.79. The first kappa shape index (κ1) is 13.0. The molecule has 4 heteroatoms. The van der Waals surface area contributed by atoms with E-state index in [1.165, 1.54) is 6.42 Å². The van der Waals surface area contributed by atoms with Crippen LogP contribution in [0.25, 0.3) is 0 Å². The van der Waals surface area contributed by atoms with Gasteiger partial charge in [-0.3, -0.25) is 16.5 Å². The minimum Gasteiger partial charge on any atom is -0.320 e. The highest BCUT2D eigenvalue weighted by Crippen LogP contribution is 1.89. The van der Waals surface area contributed by atoms with Gasteiger partial charge in [-0.1, -0.05) is 13.8 Å². The number of nitrogens with two attached hydrogens (primary N) is 3. The van der Waals surface area contributed by atoms with Gasteiger partial charge in [0.2, 0.25) is 0 Å². The van der Waals surface area contributed by atoms with Gasteiger partial charge in [-0.25, -0.2) is 0 Å². The highest BCUT2D eigenvalue weighted by Gasteiger charge is 1.91. The number of rotatable bonds is 7. The standard InChI is InChI=1S/C10H22N4/c1-9(2)5-8-13-6-3-4-7-14-10(11)12/h5,8-9,13H,3-4,6-7H2,1-2H3,(H4,11,12,14)/p+2/b8-5+. The number of hydrogen-bond donors (Lipinski definition) is 4. The Morgan fingerprint density at radius 3 is 2.64 bits per heavy atom. The maximum atomic E-state index is 5.25. The van der Waals surface area contributed by atoms with Crippen LogP contribution in [0.15, 0.2) is 12.3 Å². The van der Waals surface area contributed by atoms with E-state index >= 15 is 0 Å². The summed E-state index contributed by atoms with van der Waals surface area (Å²) in [7, 11) is 0. The fourth-order valence-electron chi connectivity index (χ4n) is 1.02. The normalized spacial score (nSPS) is 11.1. The van der Waals surface area contributed by atoms with Crippen LogP contribution < -0.4 is 21.8 Å². The number of hydrogen-bond acceptors (Lipinski definition) is 0. The first-order valence-corrected chi connectivity index (χ1v) is 5.24. The molecule has 0 saturated carbocycles. The van der Waals surface area contributed by atoms with Crippen LogP contribution in [0.4, 0.5) is 0 Å². The smallest absolute Gasteiger partial charge is 0.320 e. The van der Waals surface area contributed by atoms with Crippen molar-refractivity contribution in [3.63, 3.8) is 0 Å². The van der Waals surface area contributed by atoms with E-state index in [9.17, 15) is 0 Å². The highest BCUT2D eigenvalue weighted by molar-refractivity contribution is 5.69. The average Bonchev–Trinajstić information content (AvgIpc) is 2.08. The summed E-state index contributed by atoms with van der Waals surface area (Å²) in [5.74, 6) is 0.952. The van der Waals surface area contributed by atoms with Crippen molar-refractivity contribution >= 4 is 5.96 Å². The van der Waals surface area contributed by atoms with Crippen molar-refractivity contribution in [2.24, 2.45) is 17.4 Å². The summed E-state index contributed by atoms with van der Waals surface area (Å²) >= 11 is 0. The van der Waals surface area contributed by atoms with Crippen molar-refractivity contribution < 1.29 is 10.3 Å². The predicted molar refractivity (Wildman–Crippen MR) is 59.2 cm³/mol. The van der Waals surface area contributed by atoms with Crippen molar-refractivity contribution in [3.05, 3.63) is 12.3 Å². The third-order valence-corrected chi connectivity index (χ3v) is 1.76. The van der Waals surface area contributed by atoms with Crippen LogP contribution in [0, 0.1) is 5.92 Å². The van der Waals surface area contributed by atoms with Gasteiger partial charge in [0.25, 0.3) is 0 Å². The van der Waals surface area contributed by atoms with Crippen LogP contribution >= 0.6 is 0 Å². The molecule has 0 unspecified atom stereocenters. The molecule has 0 fully saturated rings. The summed E-state index contributed by atoms with van der Waals surface area (Å²) in [4.78, 5) is 2.89. The van der Waals surface area contributed by atoms with E-state index in [1.54, 1.807) is 0 Å². The second-order valence-corrected chi connectivity index (χ2v) is 3.74. The summed E-state index contributed by atoms with van der Waals surface area (Å²) in [6.45, 7) is 6.34. The van der Waals surface area contributed by atoms with E-state index in [0.29, 0.717) is 11.9 Å². The lowest BCUT2D eigenvalue weighted by Gasteiger charge is -1.95. The summed E-state index contributed by atoms with van der Waals surface area (Å²) in [6, 6.07) is 0. The van der Waals surface area contributed by atoms with E-state index in [4.69, 9.17) is 11.5 Å². The van der Waals surface area contributed by atoms with Gasteiger partial charge in [0, 0.05) is 0 Å². The minimum atomic E-state index is 0.314. The van der Waals surface area contributed by atoms with Crippen molar-refractivity contribution in [2.45, 2.75) is 26.7 Å². The van der Waals surface area contributed by atoms with E-state index in [-0.39, 0.29) is 0 Å².